The second-order valence-electron chi connectivity index (χ2n) is 3.27. The summed E-state index contributed by atoms with van der Waals surface area (Å²) in [6, 6.07) is 7.45. The van der Waals surface area contributed by atoms with Gasteiger partial charge in [-0.15, -0.1) is 11.8 Å². The normalized spacial score (nSPS) is 9.81. The number of thioether (sulfide) groups is 1. The summed E-state index contributed by atoms with van der Waals surface area (Å²) in [4.78, 5) is 22.4. The second kappa shape index (κ2) is 6.17. The van der Waals surface area contributed by atoms with Crippen LogP contribution < -0.4 is 11.1 Å². The maximum atomic E-state index is 10.8. The summed E-state index contributed by atoms with van der Waals surface area (Å²) in [5.74, 6) is 0.297. The summed E-state index contributed by atoms with van der Waals surface area (Å²) in [5, 5.41) is 2.68. The van der Waals surface area contributed by atoms with E-state index in [1.54, 1.807) is 11.8 Å². The van der Waals surface area contributed by atoms with E-state index in [1.165, 1.54) is 6.92 Å². The van der Waals surface area contributed by atoms with Gasteiger partial charge in [-0.25, -0.2) is 0 Å². The van der Waals surface area contributed by atoms with Gasteiger partial charge in [-0.1, -0.05) is 0 Å². The zero-order valence-electron chi connectivity index (χ0n) is 9.03. The standard InChI is InChI=1S/C11H14N2O2S/c1-8(14)13-9-2-4-10(5-3-9)16-7-6-11(12)15/h2-5H,6-7H2,1H3,(H2,12,15)(H,13,14). The van der Waals surface area contributed by atoms with Crippen molar-refractivity contribution >= 4 is 29.3 Å². The van der Waals surface area contributed by atoms with Crippen LogP contribution in [0.1, 0.15) is 13.3 Å². The Kier molecular flexibility index (Phi) is 4.85. The summed E-state index contributed by atoms with van der Waals surface area (Å²) < 4.78 is 0. The minimum Gasteiger partial charge on any atom is -0.370 e. The van der Waals surface area contributed by atoms with Crippen molar-refractivity contribution in [2.24, 2.45) is 5.73 Å². The molecule has 0 saturated carbocycles. The van der Waals surface area contributed by atoms with E-state index in [2.05, 4.69) is 5.32 Å². The number of anilines is 1. The number of benzene rings is 1. The van der Waals surface area contributed by atoms with E-state index < -0.39 is 0 Å². The summed E-state index contributed by atoms with van der Waals surface area (Å²) in [7, 11) is 0. The molecule has 0 spiro atoms. The molecular formula is C11H14N2O2S. The molecule has 5 heteroatoms. The molecule has 0 atom stereocenters. The van der Waals surface area contributed by atoms with Crippen LogP contribution in [0, 0.1) is 0 Å². The van der Waals surface area contributed by atoms with Crippen molar-refractivity contribution in [1.82, 2.24) is 0 Å². The van der Waals surface area contributed by atoms with Gasteiger partial charge in [0.15, 0.2) is 0 Å². The molecule has 0 bridgehead atoms. The lowest BCUT2D eigenvalue weighted by atomic mass is 10.3. The largest absolute Gasteiger partial charge is 0.370 e. The van der Waals surface area contributed by atoms with E-state index in [9.17, 15) is 9.59 Å². The van der Waals surface area contributed by atoms with Gasteiger partial charge < -0.3 is 11.1 Å². The number of nitrogens with one attached hydrogen (secondary N) is 1. The zero-order valence-corrected chi connectivity index (χ0v) is 9.84. The van der Waals surface area contributed by atoms with Crippen LogP contribution in [-0.4, -0.2) is 17.6 Å². The number of nitrogens with two attached hydrogens (primary N) is 1. The van der Waals surface area contributed by atoms with Crippen molar-refractivity contribution in [1.29, 1.82) is 0 Å². The van der Waals surface area contributed by atoms with Gasteiger partial charge in [-0.2, -0.15) is 0 Å². The molecule has 0 aliphatic carbocycles. The Morgan fingerprint density at radius 2 is 1.94 bits per heavy atom. The summed E-state index contributed by atoms with van der Waals surface area (Å²) in [5.41, 5.74) is 5.81. The van der Waals surface area contributed by atoms with Crippen LogP contribution >= 0.6 is 11.8 Å². The smallest absolute Gasteiger partial charge is 0.221 e. The molecule has 0 fully saturated rings. The number of hydrogen-bond donors (Lipinski definition) is 2. The van der Waals surface area contributed by atoms with Gasteiger partial charge in [-0.3, -0.25) is 9.59 Å². The van der Waals surface area contributed by atoms with Gasteiger partial charge in [0.1, 0.15) is 0 Å². The van der Waals surface area contributed by atoms with Crippen molar-refractivity contribution in [3.63, 3.8) is 0 Å². The van der Waals surface area contributed by atoms with Crippen LogP contribution in [0.25, 0.3) is 0 Å². The molecule has 0 aliphatic heterocycles. The average Bonchev–Trinajstić information content (AvgIpc) is 2.19. The van der Waals surface area contributed by atoms with Crippen molar-refractivity contribution in [2.45, 2.75) is 18.2 Å². The van der Waals surface area contributed by atoms with Crippen LogP contribution in [0.3, 0.4) is 0 Å². The molecule has 0 radical (unpaired) electrons. The Bertz CT molecular complexity index is 376. The lowest BCUT2D eigenvalue weighted by Gasteiger charge is -2.03. The zero-order chi connectivity index (χ0) is 12.0. The van der Waals surface area contributed by atoms with Crippen LogP contribution in [0.15, 0.2) is 29.2 Å². The fraction of sp³-hybridized carbons (Fsp3) is 0.273. The Morgan fingerprint density at radius 3 is 2.44 bits per heavy atom. The maximum Gasteiger partial charge on any atom is 0.221 e. The predicted octanol–water partition coefficient (Wildman–Crippen LogP) is 1.61. The third-order valence-electron chi connectivity index (χ3n) is 1.79. The minimum atomic E-state index is -0.289. The van der Waals surface area contributed by atoms with Gasteiger partial charge >= 0.3 is 0 Å². The molecule has 0 aromatic heterocycles. The van der Waals surface area contributed by atoms with E-state index in [4.69, 9.17) is 5.73 Å². The SMILES string of the molecule is CC(=O)Nc1ccc(SCCC(N)=O)cc1. The molecule has 1 aromatic rings. The van der Waals surface area contributed by atoms with Crippen molar-refractivity contribution in [3.05, 3.63) is 24.3 Å². The molecule has 1 rings (SSSR count). The molecule has 3 N–H and O–H groups in total. The first kappa shape index (κ1) is 12.6. The van der Waals surface area contributed by atoms with E-state index in [0.29, 0.717) is 12.2 Å². The first-order valence-corrected chi connectivity index (χ1v) is 5.85. The van der Waals surface area contributed by atoms with E-state index in [0.717, 1.165) is 10.6 Å². The highest BCUT2D eigenvalue weighted by molar-refractivity contribution is 7.99. The topological polar surface area (TPSA) is 72.2 Å². The first-order valence-electron chi connectivity index (χ1n) is 4.86. The van der Waals surface area contributed by atoms with Gasteiger partial charge in [0.2, 0.25) is 11.8 Å². The van der Waals surface area contributed by atoms with E-state index >= 15 is 0 Å². The van der Waals surface area contributed by atoms with Gasteiger partial charge in [0, 0.05) is 29.7 Å². The van der Waals surface area contributed by atoms with Crippen LogP contribution in [0.5, 0.6) is 0 Å². The fourth-order valence-electron chi connectivity index (χ4n) is 1.11. The van der Waals surface area contributed by atoms with Crippen molar-refractivity contribution in [2.75, 3.05) is 11.1 Å². The van der Waals surface area contributed by atoms with Crippen molar-refractivity contribution < 1.29 is 9.59 Å². The molecule has 2 amide bonds. The molecule has 4 nitrogen and oxygen atoms in total. The highest BCUT2D eigenvalue weighted by atomic mass is 32.2. The van der Waals surface area contributed by atoms with E-state index in [-0.39, 0.29) is 11.8 Å². The third kappa shape index (κ3) is 4.84. The Morgan fingerprint density at radius 1 is 1.31 bits per heavy atom. The lowest BCUT2D eigenvalue weighted by Crippen LogP contribution is -2.10. The average molecular weight is 238 g/mol. The van der Waals surface area contributed by atoms with Crippen molar-refractivity contribution in [3.8, 4) is 0 Å². The number of rotatable bonds is 5. The Labute approximate surface area is 98.6 Å². The fourth-order valence-corrected chi connectivity index (χ4v) is 1.97. The summed E-state index contributed by atoms with van der Waals surface area (Å²) >= 11 is 1.56. The molecule has 0 aliphatic rings. The number of hydrogen-bond acceptors (Lipinski definition) is 3. The molecule has 16 heavy (non-hydrogen) atoms. The Hall–Kier alpha value is -1.49. The molecular weight excluding hydrogens is 224 g/mol. The molecule has 86 valence electrons. The van der Waals surface area contributed by atoms with E-state index in [1.807, 2.05) is 24.3 Å². The number of primary amides is 1. The minimum absolute atomic E-state index is 0.0888. The highest BCUT2D eigenvalue weighted by Crippen LogP contribution is 2.20. The monoisotopic (exact) mass is 238 g/mol. The first-order chi connectivity index (χ1) is 7.58. The predicted molar refractivity (Wildman–Crippen MR) is 65.3 cm³/mol. The maximum absolute atomic E-state index is 10.8. The van der Waals surface area contributed by atoms with Gasteiger partial charge in [0.05, 0.1) is 0 Å². The molecule has 1 aromatic carbocycles. The number of carbonyl (C=O) groups excluding carboxylic acids is 2. The number of carbonyl (C=O) groups is 2. The third-order valence-corrected chi connectivity index (χ3v) is 2.81. The quantitative estimate of drug-likeness (QED) is 0.765. The summed E-state index contributed by atoms with van der Waals surface area (Å²) in [6.07, 6.45) is 0.373. The van der Waals surface area contributed by atoms with Crippen LogP contribution in [-0.2, 0) is 9.59 Å². The number of amides is 2. The molecule has 0 unspecified atom stereocenters. The Balaban J connectivity index is 2.45. The van der Waals surface area contributed by atoms with Gasteiger partial charge in [-0.05, 0) is 24.3 Å². The summed E-state index contributed by atoms with van der Waals surface area (Å²) in [6.45, 7) is 1.47. The molecule has 0 saturated heterocycles. The van der Waals surface area contributed by atoms with Crippen LogP contribution in [0.2, 0.25) is 0 Å². The lowest BCUT2D eigenvalue weighted by molar-refractivity contribution is -0.117. The highest BCUT2D eigenvalue weighted by Gasteiger charge is 1.98. The van der Waals surface area contributed by atoms with Gasteiger partial charge in [0.25, 0.3) is 0 Å². The second-order valence-corrected chi connectivity index (χ2v) is 4.44. The van der Waals surface area contributed by atoms with Crippen LogP contribution in [0.4, 0.5) is 5.69 Å². The molecule has 0 heterocycles.